The van der Waals surface area contributed by atoms with Gasteiger partial charge in [0.15, 0.2) is 5.78 Å². The molecule has 2 aromatic rings. The molecule has 1 atom stereocenters. The number of hydrogen-bond donors (Lipinski definition) is 1. The predicted octanol–water partition coefficient (Wildman–Crippen LogP) is 4.14. The standard InChI is InChI=1S/C24H31NO3/c1-18(2)22-10-6-7-11-23(22)28-17-21(26)16-25-14-12-20(13-15-25)24(27)19-8-4-3-5-9-19/h3-11,18,20-21,26H,12-17H2,1-2H3. The number of carbonyl (C=O) groups is 1. The Kier molecular flexibility index (Phi) is 7.24. The van der Waals surface area contributed by atoms with Gasteiger partial charge in [0.25, 0.3) is 0 Å². The van der Waals surface area contributed by atoms with Crippen molar-refractivity contribution < 1.29 is 14.6 Å². The molecule has 4 nitrogen and oxygen atoms in total. The van der Waals surface area contributed by atoms with Gasteiger partial charge in [-0.25, -0.2) is 0 Å². The van der Waals surface area contributed by atoms with Crippen LogP contribution < -0.4 is 4.74 Å². The summed E-state index contributed by atoms with van der Waals surface area (Å²) in [6.45, 7) is 6.81. The van der Waals surface area contributed by atoms with E-state index < -0.39 is 6.10 Å². The molecule has 1 unspecified atom stereocenters. The lowest BCUT2D eigenvalue weighted by molar-refractivity contribution is 0.0521. The van der Waals surface area contributed by atoms with Crippen molar-refractivity contribution >= 4 is 5.78 Å². The minimum absolute atomic E-state index is 0.0879. The topological polar surface area (TPSA) is 49.8 Å². The fraction of sp³-hybridized carbons (Fsp3) is 0.458. The normalized spacial score (nSPS) is 16.9. The van der Waals surface area contributed by atoms with Crippen LogP contribution in [0.3, 0.4) is 0 Å². The zero-order valence-corrected chi connectivity index (χ0v) is 16.9. The minimum Gasteiger partial charge on any atom is -0.491 e. The molecule has 0 amide bonds. The summed E-state index contributed by atoms with van der Waals surface area (Å²) >= 11 is 0. The van der Waals surface area contributed by atoms with E-state index in [0.717, 1.165) is 42.8 Å². The van der Waals surface area contributed by atoms with Crippen LogP contribution in [0.4, 0.5) is 0 Å². The number of benzene rings is 2. The van der Waals surface area contributed by atoms with Gasteiger partial charge in [0.2, 0.25) is 0 Å². The molecule has 4 heteroatoms. The molecule has 0 spiro atoms. The molecule has 1 fully saturated rings. The first-order valence-corrected chi connectivity index (χ1v) is 10.3. The summed E-state index contributed by atoms with van der Waals surface area (Å²) in [7, 11) is 0. The second-order valence-corrected chi connectivity index (χ2v) is 7.96. The van der Waals surface area contributed by atoms with Crippen LogP contribution in [0.5, 0.6) is 5.75 Å². The summed E-state index contributed by atoms with van der Waals surface area (Å²) in [5, 5.41) is 10.4. The zero-order valence-electron chi connectivity index (χ0n) is 16.9. The van der Waals surface area contributed by atoms with Crippen LogP contribution in [0.15, 0.2) is 54.6 Å². The predicted molar refractivity (Wildman–Crippen MR) is 112 cm³/mol. The number of aliphatic hydroxyl groups excluding tert-OH is 1. The van der Waals surface area contributed by atoms with Crippen LogP contribution in [-0.2, 0) is 0 Å². The number of rotatable bonds is 8. The number of Topliss-reactive ketones (excluding diaryl/α,β-unsaturated/α-hetero) is 1. The Morgan fingerprint density at radius 3 is 2.39 bits per heavy atom. The molecule has 0 saturated carbocycles. The number of para-hydroxylation sites is 1. The maximum Gasteiger partial charge on any atom is 0.166 e. The molecule has 150 valence electrons. The van der Waals surface area contributed by atoms with E-state index in [0.29, 0.717) is 12.5 Å². The van der Waals surface area contributed by atoms with E-state index in [1.807, 2.05) is 48.5 Å². The molecule has 0 radical (unpaired) electrons. The van der Waals surface area contributed by atoms with Gasteiger partial charge in [-0.2, -0.15) is 0 Å². The summed E-state index contributed by atoms with van der Waals surface area (Å²) in [6, 6.07) is 17.6. The average molecular weight is 382 g/mol. The molecule has 1 saturated heterocycles. The van der Waals surface area contributed by atoms with E-state index in [9.17, 15) is 9.90 Å². The lowest BCUT2D eigenvalue weighted by Gasteiger charge is -2.32. The van der Waals surface area contributed by atoms with E-state index in [4.69, 9.17) is 4.74 Å². The Bertz CT molecular complexity index is 751. The molecule has 0 aliphatic carbocycles. The van der Waals surface area contributed by atoms with Crippen molar-refractivity contribution in [1.29, 1.82) is 0 Å². The van der Waals surface area contributed by atoms with E-state index in [-0.39, 0.29) is 18.3 Å². The molecule has 3 rings (SSSR count). The third kappa shape index (κ3) is 5.43. The van der Waals surface area contributed by atoms with Gasteiger partial charge in [-0.15, -0.1) is 0 Å². The number of carbonyl (C=O) groups excluding carboxylic acids is 1. The van der Waals surface area contributed by atoms with Gasteiger partial charge in [0, 0.05) is 18.0 Å². The average Bonchev–Trinajstić information content (AvgIpc) is 2.73. The number of piperidine rings is 1. The van der Waals surface area contributed by atoms with Crippen molar-refractivity contribution in [2.75, 3.05) is 26.2 Å². The molecule has 1 aliphatic heterocycles. The maximum absolute atomic E-state index is 12.6. The van der Waals surface area contributed by atoms with E-state index in [1.165, 1.54) is 0 Å². The zero-order chi connectivity index (χ0) is 19.9. The van der Waals surface area contributed by atoms with Gasteiger partial charge in [-0.3, -0.25) is 4.79 Å². The number of aliphatic hydroxyl groups is 1. The first-order chi connectivity index (χ1) is 13.5. The Morgan fingerprint density at radius 2 is 1.71 bits per heavy atom. The number of ketones is 1. The fourth-order valence-electron chi connectivity index (χ4n) is 3.84. The first kappa shape index (κ1) is 20.6. The molecule has 0 aromatic heterocycles. The van der Waals surface area contributed by atoms with Gasteiger partial charge in [-0.1, -0.05) is 62.4 Å². The molecule has 2 aromatic carbocycles. The van der Waals surface area contributed by atoms with E-state index in [1.54, 1.807) is 0 Å². The van der Waals surface area contributed by atoms with E-state index in [2.05, 4.69) is 24.8 Å². The third-order valence-corrected chi connectivity index (χ3v) is 5.46. The van der Waals surface area contributed by atoms with Crippen LogP contribution in [-0.4, -0.2) is 48.1 Å². The second kappa shape index (κ2) is 9.85. The molecule has 1 N–H and O–H groups in total. The van der Waals surface area contributed by atoms with Crippen LogP contribution >= 0.6 is 0 Å². The van der Waals surface area contributed by atoms with Crippen molar-refractivity contribution in [2.45, 2.75) is 38.7 Å². The summed E-state index contributed by atoms with van der Waals surface area (Å²) in [6.07, 6.45) is 1.15. The Balaban J connectivity index is 1.44. The molecule has 1 heterocycles. The minimum atomic E-state index is -0.540. The monoisotopic (exact) mass is 381 g/mol. The first-order valence-electron chi connectivity index (χ1n) is 10.3. The summed E-state index contributed by atoms with van der Waals surface area (Å²) in [4.78, 5) is 14.8. The summed E-state index contributed by atoms with van der Waals surface area (Å²) in [5.74, 6) is 1.57. The SMILES string of the molecule is CC(C)c1ccccc1OCC(O)CN1CCC(C(=O)c2ccccc2)CC1. The van der Waals surface area contributed by atoms with Crippen LogP contribution in [0.25, 0.3) is 0 Å². The number of hydrogen-bond acceptors (Lipinski definition) is 4. The molecular weight excluding hydrogens is 350 g/mol. The van der Waals surface area contributed by atoms with Gasteiger partial charge >= 0.3 is 0 Å². The van der Waals surface area contributed by atoms with E-state index >= 15 is 0 Å². The van der Waals surface area contributed by atoms with Crippen LogP contribution in [0.2, 0.25) is 0 Å². The number of nitrogens with zero attached hydrogens (tertiary/aromatic N) is 1. The third-order valence-electron chi connectivity index (χ3n) is 5.46. The molecule has 0 bridgehead atoms. The van der Waals surface area contributed by atoms with Crippen molar-refractivity contribution in [3.8, 4) is 5.75 Å². The van der Waals surface area contributed by atoms with Gasteiger partial charge in [0.05, 0.1) is 0 Å². The Hall–Kier alpha value is -2.17. The summed E-state index contributed by atoms with van der Waals surface area (Å²) in [5.41, 5.74) is 1.97. The smallest absolute Gasteiger partial charge is 0.166 e. The number of ether oxygens (including phenoxy) is 1. The number of likely N-dealkylation sites (tertiary alicyclic amines) is 1. The van der Waals surface area contributed by atoms with Crippen molar-refractivity contribution in [3.63, 3.8) is 0 Å². The van der Waals surface area contributed by atoms with Crippen LogP contribution in [0.1, 0.15) is 48.5 Å². The maximum atomic E-state index is 12.6. The lowest BCUT2D eigenvalue weighted by atomic mass is 9.89. The Labute approximate surface area is 168 Å². The highest BCUT2D eigenvalue weighted by Gasteiger charge is 2.26. The van der Waals surface area contributed by atoms with Crippen molar-refractivity contribution in [3.05, 3.63) is 65.7 Å². The molecule has 1 aliphatic rings. The summed E-state index contributed by atoms with van der Waals surface area (Å²) < 4.78 is 5.89. The van der Waals surface area contributed by atoms with Crippen molar-refractivity contribution in [1.82, 2.24) is 4.90 Å². The van der Waals surface area contributed by atoms with Gasteiger partial charge < -0.3 is 14.7 Å². The van der Waals surface area contributed by atoms with Gasteiger partial charge in [0.1, 0.15) is 18.5 Å². The molecule has 28 heavy (non-hydrogen) atoms. The largest absolute Gasteiger partial charge is 0.491 e. The lowest BCUT2D eigenvalue weighted by Crippen LogP contribution is -2.42. The quantitative estimate of drug-likeness (QED) is 0.698. The Morgan fingerprint density at radius 1 is 1.07 bits per heavy atom. The highest BCUT2D eigenvalue weighted by Crippen LogP contribution is 2.26. The fourth-order valence-corrected chi connectivity index (χ4v) is 3.84. The second-order valence-electron chi connectivity index (χ2n) is 7.96. The van der Waals surface area contributed by atoms with Crippen molar-refractivity contribution in [2.24, 2.45) is 5.92 Å². The van der Waals surface area contributed by atoms with Gasteiger partial charge in [-0.05, 0) is 43.5 Å². The van der Waals surface area contributed by atoms with Crippen LogP contribution in [0, 0.1) is 5.92 Å². The molecular formula is C24H31NO3. The highest BCUT2D eigenvalue weighted by molar-refractivity contribution is 5.97. The number of β-amino-alcohol motifs (C(OH)–C–C–N with tert-alkyl or cyclic N) is 1. The highest BCUT2D eigenvalue weighted by atomic mass is 16.5.